The molecule has 2 heterocycles. The van der Waals surface area contributed by atoms with E-state index in [9.17, 15) is 4.39 Å². The number of hydrogen-bond acceptors (Lipinski definition) is 3. The Labute approximate surface area is 160 Å². The number of benzene rings is 1. The SMILES string of the molecule is C=CC[NH+]1CC[NH+]([C@@H](c2ccc(F)cc2)c2nnnn2C(C)(C)CC)CC1. The molecule has 0 aliphatic carbocycles. The maximum absolute atomic E-state index is 13.5. The molecule has 146 valence electrons. The van der Waals surface area contributed by atoms with E-state index in [1.54, 1.807) is 4.90 Å². The van der Waals surface area contributed by atoms with E-state index in [1.807, 2.05) is 22.9 Å². The molecule has 0 radical (unpaired) electrons. The zero-order valence-electron chi connectivity index (χ0n) is 16.6. The van der Waals surface area contributed by atoms with E-state index in [4.69, 9.17) is 0 Å². The van der Waals surface area contributed by atoms with E-state index in [0.29, 0.717) is 0 Å². The van der Waals surface area contributed by atoms with Crippen molar-refractivity contribution in [1.29, 1.82) is 0 Å². The van der Waals surface area contributed by atoms with Gasteiger partial charge < -0.3 is 9.80 Å². The highest BCUT2D eigenvalue weighted by Gasteiger charge is 2.37. The highest BCUT2D eigenvalue weighted by Crippen LogP contribution is 2.24. The molecule has 0 amide bonds. The zero-order valence-corrected chi connectivity index (χ0v) is 16.6. The Bertz CT molecular complexity index is 746. The fourth-order valence-corrected chi connectivity index (χ4v) is 3.80. The van der Waals surface area contributed by atoms with E-state index in [2.05, 4.69) is 42.9 Å². The average molecular weight is 375 g/mol. The number of quaternary nitrogens is 2. The summed E-state index contributed by atoms with van der Waals surface area (Å²) >= 11 is 0. The molecule has 1 fully saturated rings. The first-order valence-corrected chi connectivity index (χ1v) is 9.79. The fraction of sp³-hybridized carbons (Fsp3) is 0.550. The van der Waals surface area contributed by atoms with Crippen molar-refractivity contribution in [3.05, 3.63) is 54.1 Å². The molecule has 6 nitrogen and oxygen atoms in total. The van der Waals surface area contributed by atoms with E-state index in [1.165, 1.54) is 17.0 Å². The molecule has 1 atom stereocenters. The summed E-state index contributed by atoms with van der Waals surface area (Å²) in [6.07, 6.45) is 2.91. The molecular formula is C20H31FN6+2. The number of hydrogen-bond donors (Lipinski definition) is 2. The van der Waals surface area contributed by atoms with Crippen LogP contribution in [0.25, 0.3) is 0 Å². The maximum atomic E-state index is 13.5. The van der Waals surface area contributed by atoms with Crippen molar-refractivity contribution in [3.63, 3.8) is 0 Å². The predicted molar refractivity (Wildman–Crippen MR) is 102 cm³/mol. The monoisotopic (exact) mass is 374 g/mol. The quantitative estimate of drug-likeness (QED) is 0.672. The van der Waals surface area contributed by atoms with Crippen molar-refractivity contribution in [3.8, 4) is 0 Å². The van der Waals surface area contributed by atoms with Gasteiger partial charge in [-0.25, -0.2) is 9.07 Å². The molecule has 3 rings (SSSR count). The molecule has 2 N–H and O–H groups in total. The van der Waals surface area contributed by atoms with Crippen LogP contribution in [0.4, 0.5) is 4.39 Å². The molecule has 1 aliphatic heterocycles. The van der Waals surface area contributed by atoms with Crippen molar-refractivity contribution in [2.75, 3.05) is 32.7 Å². The number of rotatable bonds is 7. The Morgan fingerprint density at radius 2 is 1.89 bits per heavy atom. The van der Waals surface area contributed by atoms with Gasteiger partial charge in [-0.3, -0.25) is 0 Å². The lowest BCUT2D eigenvalue weighted by molar-refractivity contribution is -1.02. The van der Waals surface area contributed by atoms with Gasteiger partial charge in [-0.2, -0.15) is 0 Å². The van der Waals surface area contributed by atoms with Crippen LogP contribution in [0.2, 0.25) is 0 Å². The van der Waals surface area contributed by atoms with Crippen LogP contribution >= 0.6 is 0 Å². The minimum Gasteiger partial charge on any atom is -0.322 e. The van der Waals surface area contributed by atoms with Crippen LogP contribution in [0.5, 0.6) is 0 Å². The summed E-state index contributed by atoms with van der Waals surface area (Å²) in [5.74, 6) is 0.636. The Balaban J connectivity index is 1.96. The number of halogens is 1. The van der Waals surface area contributed by atoms with Crippen LogP contribution in [0.3, 0.4) is 0 Å². The van der Waals surface area contributed by atoms with Gasteiger partial charge >= 0.3 is 0 Å². The molecule has 1 saturated heterocycles. The van der Waals surface area contributed by atoms with Crippen molar-refractivity contribution < 1.29 is 14.2 Å². The predicted octanol–water partition coefficient (Wildman–Crippen LogP) is 0.0161. The summed E-state index contributed by atoms with van der Waals surface area (Å²) < 4.78 is 15.5. The molecular weight excluding hydrogens is 343 g/mol. The molecule has 1 aromatic carbocycles. The van der Waals surface area contributed by atoms with Gasteiger partial charge in [0.05, 0.1) is 12.1 Å². The van der Waals surface area contributed by atoms with Gasteiger partial charge in [0.2, 0.25) is 5.82 Å². The summed E-state index contributed by atoms with van der Waals surface area (Å²) in [6.45, 7) is 15.5. The van der Waals surface area contributed by atoms with Gasteiger partial charge in [-0.1, -0.05) is 13.5 Å². The second kappa shape index (κ2) is 8.27. The highest BCUT2D eigenvalue weighted by atomic mass is 19.1. The van der Waals surface area contributed by atoms with E-state index in [-0.39, 0.29) is 17.4 Å². The van der Waals surface area contributed by atoms with Crippen LogP contribution in [0.1, 0.15) is 44.6 Å². The van der Waals surface area contributed by atoms with Crippen molar-refractivity contribution in [2.24, 2.45) is 0 Å². The Morgan fingerprint density at radius 1 is 1.22 bits per heavy atom. The summed E-state index contributed by atoms with van der Waals surface area (Å²) in [5, 5.41) is 12.7. The van der Waals surface area contributed by atoms with Crippen LogP contribution in [0, 0.1) is 5.82 Å². The molecule has 0 spiro atoms. The molecule has 7 heteroatoms. The minimum atomic E-state index is -0.221. The largest absolute Gasteiger partial charge is 0.322 e. The van der Waals surface area contributed by atoms with Gasteiger partial charge in [-0.05, 0) is 61.0 Å². The van der Waals surface area contributed by atoms with Crippen molar-refractivity contribution >= 4 is 0 Å². The van der Waals surface area contributed by atoms with Gasteiger partial charge in [0.1, 0.15) is 32.0 Å². The standard InChI is InChI=1S/C20H29FN6/c1-5-11-25-12-14-26(15-13-25)18(16-7-9-17(21)10-8-16)19-22-23-24-27(19)20(3,4)6-2/h5,7-10,18H,1,6,11-15H2,2-4H3/p+2/t18-/m0/s1. The Hall–Kier alpha value is -2.12. The fourth-order valence-electron chi connectivity index (χ4n) is 3.80. The number of piperazine rings is 1. The van der Waals surface area contributed by atoms with Crippen molar-refractivity contribution in [1.82, 2.24) is 20.2 Å². The summed E-state index contributed by atoms with van der Waals surface area (Å²) in [6, 6.07) is 6.79. The third kappa shape index (κ3) is 4.25. The third-order valence-electron chi connectivity index (χ3n) is 5.83. The van der Waals surface area contributed by atoms with Gasteiger partial charge in [0.15, 0.2) is 6.04 Å². The summed E-state index contributed by atoms with van der Waals surface area (Å²) in [4.78, 5) is 2.98. The van der Waals surface area contributed by atoms with Crippen LogP contribution in [-0.2, 0) is 5.54 Å². The van der Waals surface area contributed by atoms with E-state index >= 15 is 0 Å². The Morgan fingerprint density at radius 3 is 2.48 bits per heavy atom. The first kappa shape index (κ1) is 19.6. The van der Waals surface area contributed by atoms with Crippen molar-refractivity contribution in [2.45, 2.75) is 38.8 Å². The van der Waals surface area contributed by atoms with Gasteiger partial charge in [-0.15, -0.1) is 5.10 Å². The number of tetrazole rings is 1. The van der Waals surface area contributed by atoms with E-state index < -0.39 is 0 Å². The summed E-state index contributed by atoms with van der Waals surface area (Å²) in [7, 11) is 0. The van der Waals surface area contributed by atoms with Crippen LogP contribution < -0.4 is 9.80 Å². The topological polar surface area (TPSA) is 52.5 Å². The van der Waals surface area contributed by atoms with Gasteiger partial charge in [0.25, 0.3) is 0 Å². The number of nitrogens with one attached hydrogen (secondary N) is 2. The first-order valence-electron chi connectivity index (χ1n) is 9.79. The number of nitrogens with zero attached hydrogens (tertiary/aromatic N) is 4. The molecule has 0 unspecified atom stereocenters. The smallest absolute Gasteiger partial charge is 0.214 e. The third-order valence-corrected chi connectivity index (χ3v) is 5.83. The average Bonchev–Trinajstić information content (AvgIpc) is 3.15. The highest BCUT2D eigenvalue weighted by molar-refractivity contribution is 5.23. The molecule has 0 saturated carbocycles. The maximum Gasteiger partial charge on any atom is 0.214 e. The molecule has 0 bridgehead atoms. The first-order chi connectivity index (χ1) is 13.0. The minimum absolute atomic E-state index is 0.00305. The lowest BCUT2D eigenvalue weighted by Gasteiger charge is -2.35. The Kier molecular flexibility index (Phi) is 6.01. The second-order valence-corrected chi connectivity index (χ2v) is 8.00. The lowest BCUT2D eigenvalue weighted by Crippen LogP contribution is -3.28. The summed E-state index contributed by atoms with van der Waals surface area (Å²) in [5.41, 5.74) is 0.883. The molecule has 1 aliphatic rings. The van der Waals surface area contributed by atoms with Crippen LogP contribution in [-0.4, -0.2) is 52.9 Å². The van der Waals surface area contributed by atoms with E-state index in [0.717, 1.165) is 50.5 Å². The molecule has 2 aromatic rings. The van der Waals surface area contributed by atoms with Gasteiger partial charge in [0, 0.05) is 5.56 Å². The zero-order chi connectivity index (χ0) is 19.4. The number of aromatic nitrogens is 4. The molecule has 1 aromatic heterocycles. The molecule has 27 heavy (non-hydrogen) atoms. The normalized spacial score (nSPS) is 21.8. The second-order valence-electron chi connectivity index (χ2n) is 8.00. The lowest BCUT2D eigenvalue weighted by atomic mass is 9.99. The van der Waals surface area contributed by atoms with Crippen LogP contribution in [0.15, 0.2) is 36.9 Å².